The molecule has 0 heterocycles. The number of hydrogen-bond acceptors (Lipinski definition) is 2. The number of halogens is 2. The van der Waals surface area contributed by atoms with Gasteiger partial charge in [0, 0.05) is 9.37 Å². The lowest BCUT2D eigenvalue weighted by atomic mass is 10.2. The Balaban J connectivity index is 2.26. The Kier molecular flexibility index (Phi) is 4.61. The molecule has 0 radical (unpaired) electrons. The minimum Gasteiger partial charge on any atom is -0.321 e. The van der Waals surface area contributed by atoms with E-state index in [-0.39, 0.29) is 11.7 Å². The van der Waals surface area contributed by atoms with Crippen molar-refractivity contribution in [3.8, 4) is 0 Å². The van der Waals surface area contributed by atoms with Crippen LogP contribution >= 0.6 is 27.7 Å². The van der Waals surface area contributed by atoms with Crippen LogP contribution in [0, 0.1) is 5.82 Å². The fraction of sp³-hybridized carbons (Fsp3) is 0.0714. The van der Waals surface area contributed by atoms with Crippen molar-refractivity contribution in [2.45, 2.75) is 4.90 Å². The molecule has 2 aromatic rings. The van der Waals surface area contributed by atoms with Crippen LogP contribution in [0.15, 0.2) is 51.8 Å². The van der Waals surface area contributed by atoms with Crippen LogP contribution < -0.4 is 5.32 Å². The van der Waals surface area contributed by atoms with Gasteiger partial charge in [0.15, 0.2) is 0 Å². The Bertz CT molecular complexity index is 618. The van der Waals surface area contributed by atoms with Gasteiger partial charge < -0.3 is 5.32 Å². The molecule has 5 heteroatoms. The molecule has 98 valence electrons. The molecule has 0 aliphatic carbocycles. The van der Waals surface area contributed by atoms with Crippen molar-refractivity contribution >= 4 is 39.3 Å². The van der Waals surface area contributed by atoms with Crippen LogP contribution in [-0.2, 0) is 0 Å². The molecule has 0 bridgehead atoms. The number of carbonyl (C=O) groups excluding carboxylic acids is 1. The van der Waals surface area contributed by atoms with Gasteiger partial charge in [0.1, 0.15) is 5.82 Å². The number of nitrogens with one attached hydrogen (secondary N) is 1. The van der Waals surface area contributed by atoms with E-state index in [9.17, 15) is 9.18 Å². The molecule has 0 unspecified atom stereocenters. The van der Waals surface area contributed by atoms with Crippen molar-refractivity contribution in [2.75, 3.05) is 11.6 Å². The zero-order chi connectivity index (χ0) is 13.8. The Morgan fingerprint density at radius 1 is 1.26 bits per heavy atom. The van der Waals surface area contributed by atoms with Crippen LogP contribution in [0.1, 0.15) is 10.4 Å². The Labute approximate surface area is 123 Å². The van der Waals surface area contributed by atoms with Crippen LogP contribution in [0.25, 0.3) is 0 Å². The zero-order valence-corrected chi connectivity index (χ0v) is 12.5. The van der Waals surface area contributed by atoms with Gasteiger partial charge >= 0.3 is 0 Å². The maximum Gasteiger partial charge on any atom is 0.256 e. The van der Waals surface area contributed by atoms with E-state index in [1.54, 1.807) is 6.07 Å². The highest BCUT2D eigenvalue weighted by molar-refractivity contribution is 9.10. The number of hydrogen-bond donors (Lipinski definition) is 1. The first-order chi connectivity index (χ1) is 9.11. The number of carbonyl (C=O) groups is 1. The van der Waals surface area contributed by atoms with E-state index in [4.69, 9.17) is 0 Å². The molecule has 2 nitrogen and oxygen atoms in total. The molecular formula is C14H11BrFNOS. The van der Waals surface area contributed by atoms with Crippen LogP contribution in [-0.4, -0.2) is 12.2 Å². The number of thioether (sulfide) groups is 1. The molecule has 1 amide bonds. The molecule has 0 aromatic heterocycles. The predicted molar refractivity (Wildman–Crippen MR) is 80.3 cm³/mol. The molecule has 2 aromatic carbocycles. The normalized spacial score (nSPS) is 10.3. The van der Waals surface area contributed by atoms with Gasteiger partial charge in [-0.1, -0.05) is 12.1 Å². The highest BCUT2D eigenvalue weighted by Crippen LogP contribution is 2.25. The summed E-state index contributed by atoms with van der Waals surface area (Å²) in [6.45, 7) is 0. The first-order valence-corrected chi connectivity index (χ1v) is 7.53. The fourth-order valence-corrected chi connectivity index (χ4v) is 2.66. The lowest BCUT2D eigenvalue weighted by Gasteiger charge is -2.09. The van der Waals surface area contributed by atoms with E-state index in [2.05, 4.69) is 21.2 Å². The minimum atomic E-state index is -0.352. The SMILES string of the molecule is CSc1ccccc1C(=O)Nc1ccc(F)cc1Br. The molecule has 0 saturated heterocycles. The van der Waals surface area contributed by atoms with Crippen molar-refractivity contribution in [3.63, 3.8) is 0 Å². The molecule has 0 aliphatic rings. The number of benzene rings is 2. The summed E-state index contributed by atoms with van der Waals surface area (Å²) in [6, 6.07) is 11.5. The van der Waals surface area contributed by atoms with Crippen molar-refractivity contribution in [1.29, 1.82) is 0 Å². The van der Waals surface area contributed by atoms with Gasteiger partial charge in [0.05, 0.1) is 11.3 Å². The number of anilines is 1. The van der Waals surface area contributed by atoms with E-state index in [0.717, 1.165) is 4.90 Å². The summed E-state index contributed by atoms with van der Waals surface area (Å²) in [5.41, 5.74) is 1.15. The van der Waals surface area contributed by atoms with Gasteiger partial charge in [-0.2, -0.15) is 0 Å². The lowest BCUT2D eigenvalue weighted by Crippen LogP contribution is -2.13. The monoisotopic (exact) mass is 339 g/mol. The standard InChI is InChI=1S/C14H11BrFNOS/c1-19-13-5-3-2-4-10(13)14(18)17-12-7-6-9(16)8-11(12)15/h2-8H,1H3,(H,17,18). The number of amides is 1. The molecule has 0 atom stereocenters. The maximum absolute atomic E-state index is 13.0. The predicted octanol–water partition coefficient (Wildman–Crippen LogP) is 4.56. The Morgan fingerprint density at radius 3 is 2.68 bits per heavy atom. The fourth-order valence-electron chi connectivity index (χ4n) is 1.61. The smallest absolute Gasteiger partial charge is 0.256 e. The average molecular weight is 340 g/mol. The molecule has 19 heavy (non-hydrogen) atoms. The van der Waals surface area contributed by atoms with Crippen LogP contribution in [0.4, 0.5) is 10.1 Å². The topological polar surface area (TPSA) is 29.1 Å². The van der Waals surface area contributed by atoms with E-state index < -0.39 is 0 Å². The second-order valence-corrected chi connectivity index (χ2v) is 5.48. The summed E-state index contributed by atoms with van der Waals surface area (Å²) >= 11 is 4.73. The molecule has 1 N–H and O–H groups in total. The van der Waals surface area contributed by atoms with Gasteiger partial charge in [0.2, 0.25) is 0 Å². The largest absolute Gasteiger partial charge is 0.321 e. The molecule has 2 rings (SSSR count). The second kappa shape index (κ2) is 6.21. The maximum atomic E-state index is 13.0. The van der Waals surface area contributed by atoms with Crippen LogP contribution in [0.2, 0.25) is 0 Å². The third kappa shape index (κ3) is 3.36. The molecule has 0 fully saturated rings. The molecular weight excluding hydrogens is 329 g/mol. The highest BCUT2D eigenvalue weighted by Gasteiger charge is 2.12. The summed E-state index contributed by atoms with van der Waals surface area (Å²) in [4.78, 5) is 13.1. The summed E-state index contributed by atoms with van der Waals surface area (Å²) in [7, 11) is 0. The van der Waals surface area contributed by atoms with Crippen molar-refractivity contribution in [3.05, 3.63) is 58.3 Å². The van der Waals surface area contributed by atoms with Gasteiger partial charge in [-0.25, -0.2) is 4.39 Å². The molecule has 0 saturated carbocycles. The van der Waals surface area contributed by atoms with E-state index in [1.807, 2.05) is 24.5 Å². The summed E-state index contributed by atoms with van der Waals surface area (Å²) in [6.07, 6.45) is 1.92. The highest BCUT2D eigenvalue weighted by atomic mass is 79.9. The third-order valence-corrected chi connectivity index (χ3v) is 3.98. The third-order valence-electron chi connectivity index (χ3n) is 2.53. The van der Waals surface area contributed by atoms with Crippen LogP contribution in [0.5, 0.6) is 0 Å². The van der Waals surface area contributed by atoms with E-state index in [0.29, 0.717) is 15.7 Å². The van der Waals surface area contributed by atoms with Crippen molar-refractivity contribution in [2.24, 2.45) is 0 Å². The van der Waals surface area contributed by atoms with Gasteiger partial charge in [-0.05, 0) is 52.5 Å². The van der Waals surface area contributed by atoms with Gasteiger partial charge in [0.25, 0.3) is 5.91 Å². The first kappa shape index (κ1) is 14.1. The van der Waals surface area contributed by atoms with Crippen molar-refractivity contribution in [1.82, 2.24) is 0 Å². The Morgan fingerprint density at radius 2 is 2.00 bits per heavy atom. The quantitative estimate of drug-likeness (QED) is 0.830. The lowest BCUT2D eigenvalue weighted by molar-refractivity contribution is 0.102. The Hall–Kier alpha value is -1.33. The van der Waals surface area contributed by atoms with Crippen LogP contribution in [0.3, 0.4) is 0 Å². The summed E-state index contributed by atoms with van der Waals surface area (Å²) in [5, 5.41) is 2.76. The zero-order valence-electron chi connectivity index (χ0n) is 10.1. The number of rotatable bonds is 3. The molecule has 0 spiro atoms. The van der Waals surface area contributed by atoms with Gasteiger partial charge in [-0.3, -0.25) is 4.79 Å². The first-order valence-electron chi connectivity index (χ1n) is 5.51. The van der Waals surface area contributed by atoms with E-state index in [1.165, 1.54) is 30.0 Å². The van der Waals surface area contributed by atoms with Gasteiger partial charge in [-0.15, -0.1) is 11.8 Å². The minimum absolute atomic E-state index is 0.211. The summed E-state index contributed by atoms with van der Waals surface area (Å²) < 4.78 is 13.5. The average Bonchev–Trinajstić information content (AvgIpc) is 2.41. The molecule has 0 aliphatic heterocycles. The second-order valence-electron chi connectivity index (χ2n) is 3.78. The van der Waals surface area contributed by atoms with Crippen molar-refractivity contribution < 1.29 is 9.18 Å². The van der Waals surface area contributed by atoms with E-state index >= 15 is 0 Å². The summed E-state index contributed by atoms with van der Waals surface area (Å²) in [5.74, 6) is -0.563.